The van der Waals surface area contributed by atoms with Crippen LogP contribution in [0.2, 0.25) is 0 Å². The van der Waals surface area contributed by atoms with Gasteiger partial charge in [-0.3, -0.25) is 9.59 Å². The van der Waals surface area contributed by atoms with Crippen molar-refractivity contribution >= 4 is 11.6 Å². The molecule has 0 unspecified atom stereocenters. The first kappa shape index (κ1) is 22.4. The molecular formula is C36H24O2. The summed E-state index contributed by atoms with van der Waals surface area (Å²) in [6, 6.07) is 45.5. The zero-order valence-electron chi connectivity index (χ0n) is 20.7. The number of hydrogen-bond acceptors (Lipinski definition) is 2. The summed E-state index contributed by atoms with van der Waals surface area (Å²) in [7, 11) is 0. The Morgan fingerprint density at radius 3 is 1.42 bits per heavy atom. The van der Waals surface area contributed by atoms with Crippen LogP contribution in [0.15, 0.2) is 151 Å². The quantitative estimate of drug-likeness (QED) is 0.240. The zero-order valence-corrected chi connectivity index (χ0v) is 20.7. The summed E-state index contributed by atoms with van der Waals surface area (Å²) in [5.41, 5.74) is 6.67. The molecule has 8 rings (SSSR count). The topological polar surface area (TPSA) is 34.1 Å². The summed E-state index contributed by atoms with van der Waals surface area (Å²) in [5.74, 6) is -0.537. The van der Waals surface area contributed by atoms with Crippen LogP contribution in [-0.4, -0.2) is 11.6 Å². The minimum Gasteiger partial charge on any atom is -0.289 e. The molecule has 0 spiro atoms. The van der Waals surface area contributed by atoms with Crippen molar-refractivity contribution in [2.24, 2.45) is 0 Å². The van der Waals surface area contributed by atoms with Gasteiger partial charge in [0, 0.05) is 28.2 Å². The maximum Gasteiger partial charge on any atom is 0.191 e. The lowest BCUT2D eigenvalue weighted by atomic mass is 9.49. The van der Waals surface area contributed by atoms with Crippen molar-refractivity contribution in [3.8, 4) is 0 Å². The number of benzene rings is 5. The molecule has 0 saturated carbocycles. The molecule has 0 heterocycles. The minimum absolute atomic E-state index is 0.0980. The van der Waals surface area contributed by atoms with E-state index in [1.54, 1.807) is 0 Å². The summed E-state index contributed by atoms with van der Waals surface area (Å²) in [6.45, 7) is 0. The first-order chi connectivity index (χ1) is 18.7. The average Bonchev–Trinajstić information content (AvgIpc) is 3.01. The molecule has 38 heavy (non-hydrogen) atoms. The van der Waals surface area contributed by atoms with E-state index >= 15 is 0 Å². The molecule has 0 aliphatic heterocycles. The molecule has 0 atom stereocenters. The van der Waals surface area contributed by atoms with E-state index in [1.165, 1.54) is 0 Å². The number of carbonyl (C=O) groups excluding carboxylic acids is 2. The average molecular weight is 489 g/mol. The summed E-state index contributed by atoms with van der Waals surface area (Å²) < 4.78 is 0. The molecule has 3 aliphatic carbocycles. The van der Waals surface area contributed by atoms with Gasteiger partial charge in [0.2, 0.25) is 0 Å². The third-order valence-corrected chi connectivity index (χ3v) is 8.04. The summed E-state index contributed by atoms with van der Waals surface area (Å²) in [4.78, 5) is 29.2. The van der Waals surface area contributed by atoms with Crippen molar-refractivity contribution in [2.45, 2.75) is 11.3 Å². The second kappa shape index (κ2) is 8.64. The first-order valence-corrected chi connectivity index (χ1v) is 12.9. The zero-order chi connectivity index (χ0) is 25.7. The maximum atomic E-state index is 14.7. The third kappa shape index (κ3) is 3.01. The summed E-state index contributed by atoms with van der Waals surface area (Å²) >= 11 is 0. The van der Waals surface area contributed by atoms with E-state index in [0.717, 1.165) is 27.8 Å². The van der Waals surface area contributed by atoms with Crippen LogP contribution >= 0.6 is 0 Å². The lowest BCUT2D eigenvalue weighted by Gasteiger charge is -2.51. The normalized spacial score (nSPS) is 19.0. The van der Waals surface area contributed by atoms with E-state index in [0.29, 0.717) is 22.3 Å². The van der Waals surface area contributed by atoms with Crippen LogP contribution in [0, 0.1) is 0 Å². The Kier molecular flexibility index (Phi) is 5.09. The first-order valence-electron chi connectivity index (χ1n) is 12.9. The minimum atomic E-state index is -0.921. The van der Waals surface area contributed by atoms with Gasteiger partial charge in [-0.05, 0) is 27.8 Å². The van der Waals surface area contributed by atoms with Crippen LogP contribution in [0.1, 0.15) is 54.5 Å². The fourth-order valence-electron chi connectivity index (χ4n) is 6.58. The van der Waals surface area contributed by atoms with E-state index in [1.807, 2.05) is 103 Å². The number of carbonyl (C=O) groups is 2. The van der Waals surface area contributed by atoms with Crippen molar-refractivity contribution in [3.05, 3.63) is 190 Å². The Morgan fingerprint density at radius 1 is 0.474 bits per heavy atom. The molecule has 0 radical (unpaired) electrons. The fraction of sp³-hybridized carbons (Fsp3) is 0.0556. The van der Waals surface area contributed by atoms with Crippen LogP contribution in [0.5, 0.6) is 0 Å². The Balaban J connectivity index is 1.67. The Labute approximate surface area is 221 Å². The highest BCUT2D eigenvalue weighted by atomic mass is 16.1. The van der Waals surface area contributed by atoms with Crippen LogP contribution in [-0.2, 0) is 5.41 Å². The second-order valence-corrected chi connectivity index (χ2v) is 9.90. The lowest BCUT2D eigenvalue weighted by Crippen LogP contribution is -2.47. The van der Waals surface area contributed by atoms with Crippen molar-refractivity contribution in [1.29, 1.82) is 0 Å². The van der Waals surface area contributed by atoms with Crippen LogP contribution < -0.4 is 0 Å². The van der Waals surface area contributed by atoms with Gasteiger partial charge >= 0.3 is 0 Å². The van der Waals surface area contributed by atoms with Gasteiger partial charge in [-0.25, -0.2) is 0 Å². The fourth-order valence-corrected chi connectivity index (χ4v) is 6.58. The van der Waals surface area contributed by atoms with Gasteiger partial charge in [0.15, 0.2) is 11.6 Å². The molecule has 180 valence electrons. The summed E-state index contributed by atoms with van der Waals surface area (Å²) in [5, 5.41) is 0. The van der Waals surface area contributed by atoms with Crippen LogP contribution in [0.4, 0.5) is 0 Å². The highest BCUT2D eigenvalue weighted by Crippen LogP contribution is 2.62. The Hall–Kier alpha value is -4.82. The lowest BCUT2D eigenvalue weighted by molar-refractivity contribution is 0.0982. The Bertz CT molecular complexity index is 1680. The molecule has 5 aromatic rings. The molecule has 0 saturated heterocycles. The van der Waals surface area contributed by atoms with E-state index in [4.69, 9.17) is 0 Å². The van der Waals surface area contributed by atoms with E-state index in [9.17, 15) is 9.59 Å². The second-order valence-electron chi connectivity index (χ2n) is 9.90. The molecular weight excluding hydrogens is 464 g/mol. The molecule has 0 N–H and O–H groups in total. The standard InChI is InChI=1S/C36H24O2/c37-34(24-14-4-1-5-15-24)32-31-27-20-10-12-22-29(27)36(26-18-8-3-9-19-26,30-23-13-11-21-28(30)31)33(32)35(38)25-16-6-2-7-17-25/h1-23,31H. The monoisotopic (exact) mass is 488 g/mol. The maximum absolute atomic E-state index is 14.7. The molecule has 0 aromatic heterocycles. The van der Waals surface area contributed by atoms with Gasteiger partial charge in [0.05, 0.1) is 5.41 Å². The number of rotatable bonds is 5. The van der Waals surface area contributed by atoms with Crippen molar-refractivity contribution < 1.29 is 9.59 Å². The molecule has 2 heteroatoms. The number of ketones is 2. The molecule has 2 bridgehead atoms. The van der Waals surface area contributed by atoms with Gasteiger partial charge in [0.1, 0.15) is 0 Å². The number of hydrogen-bond donors (Lipinski definition) is 0. The molecule has 0 amide bonds. The van der Waals surface area contributed by atoms with E-state index in [-0.39, 0.29) is 17.5 Å². The predicted octanol–water partition coefficient (Wildman–Crippen LogP) is 7.54. The third-order valence-electron chi connectivity index (χ3n) is 8.04. The van der Waals surface area contributed by atoms with Crippen LogP contribution in [0.25, 0.3) is 0 Å². The number of allylic oxidation sites excluding steroid dienone is 2. The molecule has 3 aliphatic rings. The highest BCUT2D eigenvalue weighted by molar-refractivity contribution is 6.22. The smallest absolute Gasteiger partial charge is 0.191 e. The van der Waals surface area contributed by atoms with Gasteiger partial charge in [0.25, 0.3) is 0 Å². The molecule has 5 aromatic carbocycles. The molecule has 2 nitrogen and oxygen atoms in total. The summed E-state index contributed by atoms with van der Waals surface area (Å²) in [6.07, 6.45) is 0. The van der Waals surface area contributed by atoms with Gasteiger partial charge in [-0.2, -0.15) is 0 Å². The van der Waals surface area contributed by atoms with Crippen molar-refractivity contribution in [3.63, 3.8) is 0 Å². The molecule has 0 fully saturated rings. The van der Waals surface area contributed by atoms with Crippen LogP contribution in [0.3, 0.4) is 0 Å². The highest BCUT2D eigenvalue weighted by Gasteiger charge is 2.57. The van der Waals surface area contributed by atoms with E-state index < -0.39 is 5.41 Å². The van der Waals surface area contributed by atoms with Gasteiger partial charge in [-0.15, -0.1) is 0 Å². The Morgan fingerprint density at radius 2 is 0.895 bits per heavy atom. The van der Waals surface area contributed by atoms with E-state index in [2.05, 4.69) is 36.4 Å². The van der Waals surface area contributed by atoms with Gasteiger partial charge < -0.3 is 0 Å². The van der Waals surface area contributed by atoms with Crippen molar-refractivity contribution in [1.82, 2.24) is 0 Å². The van der Waals surface area contributed by atoms with Gasteiger partial charge in [-0.1, -0.05) is 140 Å². The van der Waals surface area contributed by atoms with Crippen molar-refractivity contribution in [2.75, 3.05) is 0 Å². The SMILES string of the molecule is O=C(C1=C(C(=O)c2ccccc2)C2(c3ccccc3)c3ccccc3C1c1ccccc12)c1ccccc1. The number of Topliss-reactive ketones (excluding diaryl/α,β-unsaturated/α-hetero) is 2. The predicted molar refractivity (Wildman–Crippen MR) is 150 cm³/mol. The largest absolute Gasteiger partial charge is 0.289 e.